The van der Waals surface area contributed by atoms with Gasteiger partial charge in [-0.2, -0.15) is 0 Å². The van der Waals surface area contributed by atoms with Crippen LogP contribution < -0.4 is 10.6 Å². The van der Waals surface area contributed by atoms with Gasteiger partial charge in [-0.1, -0.05) is 26.0 Å². The Morgan fingerprint density at radius 2 is 2.00 bits per heavy atom. The Morgan fingerprint density at radius 1 is 1.22 bits per heavy atom. The number of thiazole rings is 1. The van der Waals surface area contributed by atoms with Crippen molar-refractivity contribution in [3.63, 3.8) is 0 Å². The lowest BCUT2D eigenvalue weighted by atomic mass is 10.2. The summed E-state index contributed by atoms with van der Waals surface area (Å²) in [6.07, 6.45) is 0. The highest BCUT2D eigenvalue weighted by Crippen LogP contribution is 2.17. The summed E-state index contributed by atoms with van der Waals surface area (Å²) in [7, 11) is 2.03. The summed E-state index contributed by atoms with van der Waals surface area (Å²) in [6.45, 7) is 8.39. The molecule has 0 amide bonds. The average Bonchev–Trinajstić information content (AvgIpc) is 3.23. The van der Waals surface area contributed by atoms with Gasteiger partial charge in [0.1, 0.15) is 17.4 Å². The highest BCUT2D eigenvalue weighted by Gasteiger charge is 2.08. The minimum absolute atomic E-state index is 0. The second-order valence-corrected chi connectivity index (χ2v) is 7.39. The smallest absolute Gasteiger partial charge is 0.192 e. The van der Waals surface area contributed by atoms with Gasteiger partial charge in [-0.05, 0) is 25.0 Å². The number of nitrogens with zero attached hydrogens (tertiary/aromatic N) is 4. The lowest BCUT2D eigenvalue weighted by Crippen LogP contribution is -2.36. The molecule has 1 aromatic carbocycles. The molecule has 2 aromatic heterocycles. The Morgan fingerprint density at radius 3 is 2.67 bits per heavy atom. The van der Waals surface area contributed by atoms with Crippen molar-refractivity contribution in [1.82, 2.24) is 25.2 Å². The summed E-state index contributed by atoms with van der Waals surface area (Å²) in [4.78, 5) is 14.0. The van der Waals surface area contributed by atoms with Crippen LogP contribution in [0.5, 0.6) is 0 Å². The van der Waals surface area contributed by atoms with Crippen LogP contribution in [0.15, 0.2) is 34.6 Å². The number of aromatic nitrogens is 3. The number of imidazole rings is 1. The molecule has 0 unspecified atom stereocenters. The van der Waals surface area contributed by atoms with E-state index < -0.39 is 0 Å². The molecule has 3 aromatic rings. The molecular formula is C19H27IN6S. The third-order valence-corrected chi connectivity index (χ3v) is 5.04. The Hall–Kier alpha value is -1.68. The Bertz CT molecular complexity index is 899. The zero-order chi connectivity index (χ0) is 18.5. The van der Waals surface area contributed by atoms with Crippen molar-refractivity contribution in [3.8, 4) is 0 Å². The molecule has 0 radical (unpaired) electrons. The summed E-state index contributed by atoms with van der Waals surface area (Å²) < 4.78 is 2.10. The molecule has 2 heterocycles. The van der Waals surface area contributed by atoms with Crippen LogP contribution in [0.2, 0.25) is 0 Å². The summed E-state index contributed by atoms with van der Waals surface area (Å²) in [6, 6.07) is 8.14. The van der Waals surface area contributed by atoms with Gasteiger partial charge in [-0.25, -0.2) is 15.0 Å². The summed E-state index contributed by atoms with van der Waals surface area (Å²) in [5, 5.41) is 9.85. The monoisotopic (exact) mass is 498 g/mol. The van der Waals surface area contributed by atoms with Crippen LogP contribution in [0, 0.1) is 0 Å². The molecule has 146 valence electrons. The molecule has 0 fully saturated rings. The maximum absolute atomic E-state index is 4.68. The second-order valence-electron chi connectivity index (χ2n) is 6.45. The van der Waals surface area contributed by atoms with Crippen LogP contribution >= 0.6 is 35.3 Å². The fourth-order valence-corrected chi connectivity index (χ4v) is 3.55. The number of rotatable bonds is 6. The van der Waals surface area contributed by atoms with Crippen molar-refractivity contribution >= 4 is 52.3 Å². The molecule has 0 aliphatic heterocycles. The maximum atomic E-state index is 4.68. The molecule has 0 saturated carbocycles. The largest absolute Gasteiger partial charge is 0.357 e. The minimum Gasteiger partial charge on any atom is -0.357 e. The van der Waals surface area contributed by atoms with Gasteiger partial charge in [-0.3, -0.25) is 0 Å². The zero-order valence-corrected chi connectivity index (χ0v) is 19.3. The first-order chi connectivity index (χ1) is 12.6. The molecule has 0 spiro atoms. The molecule has 0 aliphatic rings. The van der Waals surface area contributed by atoms with E-state index in [9.17, 15) is 0 Å². The van der Waals surface area contributed by atoms with Crippen molar-refractivity contribution < 1.29 is 0 Å². The molecule has 27 heavy (non-hydrogen) atoms. The number of benzene rings is 1. The first-order valence-electron chi connectivity index (χ1n) is 8.95. The van der Waals surface area contributed by atoms with Crippen molar-refractivity contribution in [1.29, 1.82) is 0 Å². The molecule has 6 nitrogen and oxygen atoms in total. The van der Waals surface area contributed by atoms with Gasteiger partial charge in [-0.15, -0.1) is 35.3 Å². The quantitative estimate of drug-likeness (QED) is 0.306. The first kappa shape index (κ1) is 21.6. The number of hydrogen-bond acceptors (Lipinski definition) is 4. The number of aryl methyl sites for hydroxylation is 1. The Labute approximate surface area is 181 Å². The van der Waals surface area contributed by atoms with E-state index in [0.717, 1.165) is 40.1 Å². The minimum atomic E-state index is 0. The van der Waals surface area contributed by atoms with Gasteiger partial charge < -0.3 is 15.2 Å². The second kappa shape index (κ2) is 10.0. The van der Waals surface area contributed by atoms with Gasteiger partial charge in [0, 0.05) is 19.0 Å². The van der Waals surface area contributed by atoms with Crippen LogP contribution in [0.3, 0.4) is 0 Å². The fourth-order valence-electron chi connectivity index (χ4n) is 2.66. The number of aliphatic imine (C=N–C) groups is 1. The van der Waals surface area contributed by atoms with Gasteiger partial charge in [0.25, 0.3) is 0 Å². The molecule has 0 atom stereocenters. The van der Waals surface area contributed by atoms with E-state index in [-0.39, 0.29) is 24.0 Å². The van der Waals surface area contributed by atoms with E-state index in [1.54, 1.807) is 11.3 Å². The summed E-state index contributed by atoms with van der Waals surface area (Å²) in [5.41, 5.74) is 3.27. The normalized spacial score (nSPS) is 11.7. The van der Waals surface area contributed by atoms with Gasteiger partial charge in [0.15, 0.2) is 5.96 Å². The van der Waals surface area contributed by atoms with Gasteiger partial charge >= 0.3 is 0 Å². The zero-order valence-electron chi connectivity index (χ0n) is 16.2. The van der Waals surface area contributed by atoms with E-state index in [0.29, 0.717) is 19.0 Å². The van der Waals surface area contributed by atoms with Gasteiger partial charge in [0.05, 0.1) is 23.3 Å². The van der Waals surface area contributed by atoms with E-state index in [2.05, 4.69) is 62.4 Å². The van der Waals surface area contributed by atoms with Crippen LogP contribution in [0.1, 0.15) is 43.2 Å². The predicted octanol–water partition coefficient (Wildman–Crippen LogP) is 4.03. The predicted molar refractivity (Wildman–Crippen MR) is 124 cm³/mol. The van der Waals surface area contributed by atoms with E-state index >= 15 is 0 Å². The summed E-state index contributed by atoms with van der Waals surface area (Å²) >= 11 is 1.68. The number of guanidine groups is 1. The number of nitrogens with one attached hydrogen (secondary N) is 2. The van der Waals surface area contributed by atoms with Crippen molar-refractivity contribution in [3.05, 3.63) is 46.2 Å². The van der Waals surface area contributed by atoms with Crippen LogP contribution in [0.4, 0.5) is 0 Å². The lowest BCUT2D eigenvalue weighted by Gasteiger charge is -2.10. The SMILES string of the molecule is CCNC(=NCc1nc2ccccc2n1C)NCc1nc(C(C)C)cs1.I. The lowest BCUT2D eigenvalue weighted by molar-refractivity contribution is 0.769. The van der Waals surface area contributed by atoms with E-state index in [1.807, 2.05) is 25.2 Å². The molecule has 0 aliphatic carbocycles. The van der Waals surface area contributed by atoms with Crippen LogP contribution in [0.25, 0.3) is 11.0 Å². The topological polar surface area (TPSA) is 67.1 Å². The maximum Gasteiger partial charge on any atom is 0.192 e. The van der Waals surface area contributed by atoms with Crippen LogP contribution in [-0.4, -0.2) is 27.0 Å². The Kier molecular flexibility index (Phi) is 8.03. The van der Waals surface area contributed by atoms with Crippen molar-refractivity contribution in [2.75, 3.05) is 6.54 Å². The van der Waals surface area contributed by atoms with Crippen molar-refractivity contribution in [2.24, 2.45) is 12.0 Å². The highest BCUT2D eigenvalue weighted by atomic mass is 127. The molecule has 3 rings (SSSR count). The molecule has 8 heteroatoms. The van der Waals surface area contributed by atoms with Crippen LogP contribution in [-0.2, 0) is 20.1 Å². The third kappa shape index (κ3) is 5.41. The molecular weight excluding hydrogens is 471 g/mol. The third-order valence-electron chi connectivity index (χ3n) is 4.17. The summed E-state index contributed by atoms with van der Waals surface area (Å²) in [5.74, 6) is 2.18. The fraction of sp³-hybridized carbons (Fsp3) is 0.421. The molecule has 0 saturated heterocycles. The van der Waals surface area contributed by atoms with E-state index in [1.165, 1.54) is 0 Å². The van der Waals surface area contributed by atoms with Crippen molar-refractivity contribution in [2.45, 2.75) is 39.8 Å². The number of halogens is 1. The number of hydrogen-bond donors (Lipinski definition) is 2. The number of para-hydroxylation sites is 2. The highest BCUT2D eigenvalue weighted by molar-refractivity contribution is 14.0. The van der Waals surface area contributed by atoms with E-state index in [4.69, 9.17) is 0 Å². The first-order valence-corrected chi connectivity index (χ1v) is 9.83. The Balaban J connectivity index is 0.00000261. The number of fused-ring (bicyclic) bond motifs is 1. The average molecular weight is 498 g/mol. The molecule has 0 bridgehead atoms. The molecule has 2 N–H and O–H groups in total. The van der Waals surface area contributed by atoms with Gasteiger partial charge in [0.2, 0.25) is 0 Å². The standard InChI is InChI=1S/C19H26N6S.HI/c1-5-20-19(22-11-18-24-15(12-26-18)13(2)3)21-10-17-23-14-8-6-7-9-16(14)25(17)4;/h6-9,12-13H,5,10-11H2,1-4H3,(H2,20,21,22);1H.